The number of methoxy groups -OCH3 is 1. The molecular weight excluding hydrogens is 214 g/mol. The van der Waals surface area contributed by atoms with Gasteiger partial charge in [0, 0.05) is 25.8 Å². The zero-order chi connectivity index (χ0) is 12.7. The van der Waals surface area contributed by atoms with Gasteiger partial charge in [0.2, 0.25) is 0 Å². The van der Waals surface area contributed by atoms with E-state index >= 15 is 0 Å². The normalized spacial score (nSPS) is 27.4. The zero-order valence-electron chi connectivity index (χ0n) is 11.9. The SMILES string of the molecule is CCOCC(NC1CCC(OC)CC1)C(C)C. The van der Waals surface area contributed by atoms with Crippen LogP contribution in [0, 0.1) is 5.92 Å². The first-order valence-corrected chi connectivity index (χ1v) is 7.04. The van der Waals surface area contributed by atoms with E-state index in [0.29, 0.717) is 24.1 Å². The maximum absolute atomic E-state index is 5.55. The molecule has 0 radical (unpaired) electrons. The van der Waals surface area contributed by atoms with E-state index in [-0.39, 0.29) is 0 Å². The molecule has 1 N–H and O–H groups in total. The second-order valence-corrected chi connectivity index (χ2v) is 5.39. The molecule has 0 aromatic carbocycles. The van der Waals surface area contributed by atoms with E-state index in [1.165, 1.54) is 25.7 Å². The Morgan fingerprint density at radius 1 is 1.18 bits per heavy atom. The summed E-state index contributed by atoms with van der Waals surface area (Å²) in [5, 5.41) is 3.75. The molecule has 3 nitrogen and oxygen atoms in total. The summed E-state index contributed by atoms with van der Waals surface area (Å²) in [5.41, 5.74) is 0. The molecule has 3 heteroatoms. The van der Waals surface area contributed by atoms with Gasteiger partial charge in [-0.2, -0.15) is 0 Å². The molecule has 0 bridgehead atoms. The molecule has 0 spiro atoms. The fourth-order valence-corrected chi connectivity index (χ4v) is 2.45. The van der Waals surface area contributed by atoms with E-state index in [1.54, 1.807) is 0 Å². The van der Waals surface area contributed by atoms with E-state index in [0.717, 1.165) is 13.2 Å². The Labute approximate surface area is 106 Å². The lowest BCUT2D eigenvalue weighted by Crippen LogP contribution is -2.46. The van der Waals surface area contributed by atoms with Gasteiger partial charge in [0.05, 0.1) is 12.7 Å². The van der Waals surface area contributed by atoms with E-state index < -0.39 is 0 Å². The van der Waals surface area contributed by atoms with E-state index in [2.05, 4.69) is 26.1 Å². The van der Waals surface area contributed by atoms with Crippen molar-refractivity contribution in [3.8, 4) is 0 Å². The lowest BCUT2D eigenvalue weighted by atomic mass is 9.91. The fraction of sp³-hybridized carbons (Fsp3) is 1.00. The van der Waals surface area contributed by atoms with Gasteiger partial charge in [0.1, 0.15) is 0 Å². The van der Waals surface area contributed by atoms with Gasteiger partial charge >= 0.3 is 0 Å². The summed E-state index contributed by atoms with van der Waals surface area (Å²) in [6, 6.07) is 1.13. The number of rotatable bonds is 7. The van der Waals surface area contributed by atoms with Crippen LogP contribution in [0.5, 0.6) is 0 Å². The van der Waals surface area contributed by atoms with Crippen molar-refractivity contribution >= 4 is 0 Å². The van der Waals surface area contributed by atoms with E-state index in [9.17, 15) is 0 Å². The topological polar surface area (TPSA) is 30.5 Å². The van der Waals surface area contributed by atoms with Crippen molar-refractivity contribution in [2.75, 3.05) is 20.3 Å². The molecule has 1 aliphatic rings. The van der Waals surface area contributed by atoms with Gasteiger partial charge in [-0.1, -0.05) is 13.8 Å². The van der Waals surface area contributed by atoms with Crippen molar-refractivity contribution in [1.82, 2.24) is 5.32 Å². The van der Waals surface area contributed by atoms with Crippen molar-refractivity contribution in [3.05, 3.63) is 0 Å². The average molecular weight is 243 g/mol. The molecule has 0 aromatic heterocycles. The molecule has 1 unspecified atom stereocenters. The zero-order valence-corrected chi connectivity index (χ0v) is 11.9. The lowest BCUT2D eigenvalue weighted by Gasteiger charge is -2.33. The van der Waals surface area contributed by atoms with E-state index in [4.69, 9.17) is 9.47 Å². The minimum atomic E-state index is 0.484. The lowest BCUT2D eigenvalue weighted by molar-refractivity contribution is 0.0537. The largest absolute Gasteiger partial charge is 0.381 e. The highest BCUT2D eigenvalue weighted by molar-refractivity contribution is 4.82. The monoisotopic (exact) mass is 243 g/mol. The Balaban J connectivity index is 2.30. The molecule has 102 valence electrons. The Kier molecular flexibility index (Phi) is 7.09. The maximum Gasteiger partial charge on any atom is 0.0622 e. The average Bonchev–Trinajstić information content (AvgIpc) is 2.35. The third kappa shape index (κ3) is 5.36. The Morgan fingerprint density at radius 3 is 2.29 bits per heavy atom. The van der Waals surface area contributed by atoms with Crippen LogP contribution in [0.1, 0.15) is 46.5 Å². The van der Waals surface area contributed by atoms with Crippen molar-refractivity contribution in [1.29, 1.82) is 0 Å². The third-order valence-electron chi connectivity index (χ3n) is 3.76. The van der Waals surface area contributed by atoms with E-state index in [1.807, 2.05) is 7.11 Å². The smallest absolute Gasteiger partial charge is 0.0622 e. The minimum Gasteiger partial charge on any atom is -0.381 e. The quantitative estimate of drug-likeness (QED) is 0.745. The standard InChI is InChI=1S/C14H29NO2/c1-5-17-10-14(11(2)3)15-12-6-8-13(16-4)9-7-12/h11-15H,5-10H2,1-4H3. The summed E-state index contributed by atoms with van der Waals surface area (Å²) >= 11 is 0. The van der Waals surface area contributed by atoms with Crippen LogP contribution in [-0.4, -0.2) is 38.5 Å². The second kappa shape index (κ2) is 8.06. The van der Waals surface area contributed by atoms with Gasteiger partial charge in [-0.15, -0.1) is 0 Å². The molecule has 1 rings (SSSR count). The van der Waals surface area contributed by atoms with Crippen LogP contribution in [0.3, 0.4) is 0 Å². The molecule has 1 atom stereocenters. The number of hydrogen-bond donors (Lipinski definition) is 1. The van der Waals surface area contributed by atoms with Gasteiger partial charge in [0.15, 0.2) is 0 Å². The van der Waals surface area contributed by atoms with Crippen molar-refractivity contribution in [3.63, 3.8) is 0 Å². The maximum atomic E-state index is 5.55. The summed E-state index contributed by atoms with van der Waals surface area (Å²) in [5.74, 6) is 0.627. The minimum absolute atomic E-state index is 0.484. The molecule has 0 heterocycles. The predicted octanol–water partition coefficient (Wildman–Crippen LogP) is 2.59. The summed E-state index contributed by atoms with van der Waals surface area (Å²) < 4.78 is 11.0. The van der Waals surface area contributed by atoms with Crippen LogP contribution >= 0.6 is 0 Å². The van der Waals surface area contributed by atoms with Crippen LogP contribution in [0.2, 0.25) is 0 Å². The third-order valence-corrected chi connectivity index (χ3v) is 3.76. The van der Waals surface area contributed by atoms with Crippen molar-refractivity contribution < 1.29 is 9.47 Å². The molecule has 0 aromatic rings. The molecule has 1 fully saturated rings. The van der Waals surface area contributed by atoms with Crippen LogP contribution in [0.4, 0.5) is 0 Å². The summed E-state index contributed by atoms with van der Waals surface area (Å²) in [4.78, 5) is 0. The van der Waals surface area contributed by atoms with Crippen LogP contribution in [-0.2, 0) is 9.47 Å². The Morgan fingerprint density at radius 2 is 1.82 bits per heavy atom. The van der Waals surface area contributed by atoms with Gasteiger partial charge < -0.3 is 14.8 Å². The first kappa shape index (κ1) is 14.9. The summed E-state index contributed by atoms with van der Waals surface area (Å²) in [6.07, 6.45) is 5.32. The Bertz CT molecular complexity index is 189. The molecule has 17 heavy (non-hydrogen) atoms. The second-order valence-electron chi connectivity index (χ2n) is 5.39. The van der Waals surface area contributed by atoms with Gasteiger partial charge in [-0.3, -0.25) is 0 Å². The predicted molar refractivity (Wildman–Crippen MR) is 71.3 cm³/mol. The van der Waals surface area contributed by atoms with Crippen LogP contribution in [0.15, 0.2) is 0 Å². The molecule has 0 amide bonds. The first-order valence-electron chi connectivity index (χ1n) is 7.04. The number of ether oxygens (including phenoxy) is 2. The van der Waals surface area contributed by atoms with Gasteiger partial charge in [0.25, 0.3) is 0 Å². The van der Waals surface area contributed by atoms with Crippen LogP contribution < -0.4 is 5.32 Å². The summed E-state index contributed by atoms with van der Waals surface area (Å²) in [7, 11) is 1.82. The van der Waals surface area contributed by atoms with Crippen LogP contribution in [0.25, 0.3) is 0 Å². The highest BCUT2D eigenvalue weighted by Gasteiger charge is 2.24. The first-order chi connectivity index (χ1) is 8.17. The number of hydrogen-bond acceptors (Lipinski definition) is 3. The Hall–Kier alpha value is -0.120. The highest BCUT2D eigenvalue weighted by Crippen LogP contribution is 2.21. The molecule has 0 aliphatic heterocycles. The highest BCUT2D eigenvalue weighted by atomic mass is 16.5. The molecule has 1 saturated carbocycles. The van der Waals surface area contributed by atoms with Crippen molar-refractivity contribution in [2.24, 2.45) is 5.92 Å². The molecular formula is C14H29NO2. The summed E-state index contributed by atoms with van der Waals surface area (Å²) in [6.45, 7) is 8.22. The van der Waals surface area contributed by atoms with Gasteiger partial charge in [-0.25, -0.2) is 0 Å². The fourth-order valence-electron chi connectivity index (χ4n) is 2.45. The molecule has 0 saturated heterocycles. The van der Waals surface area contributed by atoms with Crippen molar-refractivity contribution in [2.45, 2.75) is 64.6 Å². The number of nitrogens with one attached hydrogen (secondary N) is 1. The van der Waals surface area contributed by atoms with Gasteiger partial charge in [-0.05, 0) is 38.5 Å². The molecule has 1 aliphatic carbocycles.